The fourth-order valence-electron chi connectivity index (χ4n) is 2.80. The van der Waals surface area contributed by atoms with Crippen LogP contribution in [-0.2, 0) is 21.4 Å². The van der Waals surface area contributed by atoms with Crippen LogP contribution in [0.2, 0.25) is 0 Å². The number of hydrogen-bond acceptors (Lipinski definition) is 5. The number of benzene rings is 1. The molecule has 8 heteroatoms. The average Bonchev–Trinajstić information content (AvgIpc) is 2.73. The number of carbonyl (C=O) groups is 1. The Bertz CT molecular complexity index is 1090. The lowest BCUT2D eigenvalue weighted by atomic mass is 10.1. The number of sulfonamides is 1. The number of nitrogens with one attached hydrogen (secondary N) is 2. The first-order valence-corrected chi connectivity index (χ1v) is 10.6. The van der Waals surface area contributed by atoms with Crippen molar-refractivity contribution in [2.75, 3.05) is 6.54 Å². The minimum Gasteiger partial charge on any atom is -0.352 e. The molecule has 3 rings (SSSR count). The van der Waals surface area contributed by atoms with Gasteiger partial charge >= 0.3 is 0 Å². The van der Waals surface area contributed by atoms with Gasteiger partial charge in [0.15, 0.2) is 0 Å². The van der Waals surface area contributed by atoms with Gasteiger partial charge in [0.1, 0.15) is 0 Å². The van der Waals surface area contributed by atoms with Gasteiger partial charge in [-0.2, -0.15) is 0 Å². The molecule has 0 aliphatic rings. The molecule has 0 bridgehead atoms. The van der Waals surface area contributed by atoms with Crippen molar-refractivity contribution < 1.29 is 13.2 Å². The van der Waals surface area contributed by atoms with Crippen LogP contribution in [0.3, 0.4) is 0 Å². The van der Waals surface area contributed by atoms with Crippen LogP contribution < -0.4 is 10.0 Å². The van der Waals surface area contributed by atoms with Gasteiger partial charge in [-0.1, -0.05) is 18.2 Å². The van der Waals surface area contributed by atoms with Gasteiger partial charge in [0.25, 0.3) is 0 Å². The van der Waals surface area contributed by atoms with Crippen LogP contribution in [0.15, 0.2) is 72.0 Å². The summed E-state index contributed by atoms with van der Waals surface area (Å²) < 4.78 is 27.0. The molecule has 3 aromatic rings. The van der Waals surface area contributed by atoms with E-state index in [-0.39, 0.29) is 23.8 Å². The van der Waals surface area contributed by atoms with Gasteiger partial charge in [0.05, 0.1) is 10.6 Å². The highest BCUT2D eigenvalue weighted by Crippen LogP contribution is 2.20. The molecular formula is C21H22N4O3S. The second-order valence-electron chi connectivity index (χ2n) is 6.49. The highest BCUT2D eigenvalue weighted by Gasteiger charge is 2.14. The number of nitrogens with zero attached hydrogens (tertiary/aromatic N) is 2. The number of hydrogen-bond donors (Lipinski definition) is 2. The van der Waals surface area contributed by atoms with Crippen LogP contribution in [0.1, 0.15) is 17.5 Å². The van der Waals surface area contributed by atoms with E-state index in [0.29, 0.717) is 6.54 Å². The van der Waals surface area contributed by atoms with Gasteiger partial charge < -0.3 is 5.32 Å². The number of rotatable bonds is 8. The maximum Gasteiger partial charge on any atom is 0.240 e. The Morgan fingerprint density at radius 3 is 2.59 bits per heavy atom. The van der Waals surface area contributed by atoms with E-state index in [2.05, 4.69) is 20.0 Å². The first-order chi connectivity index (χ1) is 14.0. The molecule has 0 atom stereocenters. The van der Waals surface area contributed by atoms with Crippen molar-refractivity contribution in [3.8, 4) is 11.3 Å². The van der Waals surface area contributed by atoms with Gasteiger partial charge in [-0.15, -0.1) is 0 Å². The van der Waals surface area contributed by atoms with Crippen LogP contribution in [0, 0.1) is 6.92 Å². The van der Waals surface area contributed by atoms with E-state index in [1.54, 1.807) is 30.7 Å². The molecule has 1 aromatic carbocycles. The lowest BCUT2D eigenvalue weighted by Gasteiger charge is -2.10. The zero-order valence-corrected chi connectivity index (χ0v) is 16.8. The van der Waals surface area contributed by atoms with E-state index in [1.165, 1.54) is 6.07 Å². The van der Waals surface area contributed by atoms with Gasteiger partial charge in [-0.25, -0.2) is 13.1 Å². The maximum absolute atomic E-state index is 12.3. The quantitative estimate of drug-likeness (QED) is 0.594. The molecule has 2 heterocycles. The van der Waals surface area contributed by atoms with Crippen molar-refractivity contribution in [1.29, 1.82) is 0 Å². The third kappa shape index (κ3) is 5.69. The molecule has 0 aliphatic heterocycles. The number of pyridine rings is 2. The Balaban J connectivity index is 1.54. The molecule has 2 N–H and O–H groups in total. The molecule has 1 amide bonds. The summed E-state index contributed by atoms with van der Waals surface area (Å²) in [5.41, 5.74) is 3.41. The smallest absolute Gasteiger partial charge is 0.240 e. The maximum atomic E-state index is 12.3. The van der Waals surface area contributed by atoms with Crippen molar-refractivity contribution in [2.45, 2.75) is 24.8 Å². The van der Waals surface area contributed by atoms with E-state index in [4.69, 9.17) is 0 Å². The van der Waals surface area contributed by atoms with E-state index < -0.39 is 10.0 Å². The topological polar surface area (TPSA) is 101 Å². The lowest BCUT2D eigenvalue weighted by molar-refractivity contribution is -0.121. The van der Waals surface area contributed by atoms with E-state index in [0.717, 1.165) is 22.4 Å². The molecule has 150 valence electrons. The van der Waals surface area contributed by atoms with E-state index >= 15 is 0 Å². The van der Waals surface area contributed by atoms with Gasteiger partial charge in [-0.05, 0) is 48.4 Å². The van der Waals surface area contributed by atoms with Crippen molar-refractivity contribution in [3.63, 3.8) is 0 Å². The van der Waals surface area contributed by atoms with Gasteiger partial charge in [-0.3, -0.25) is 14.8 Å². The molecule has 0 saturated heterocycles. The predicted octanol–water partition coefficient (Wildman–Crippen LogP) is 2.44. The molecular weight excluding hydrogens is 388 g/mol. The first-order valence-electron chi connectivity index (χ1n) is 9.13. The summed E-state index contributed by atoms with van der Waals surface area (Å²) in [6.07, 6.45) is 5.11. The fourth-order valence-corrected chi connectivity index (χ4v) is 3.93. The minimum atomic E-state index is -3.63. The molecule has 29 heavy (non-hydrogen) atoms. The van der Waals surface area contributed by atoms with Crippen LogP contribution in [0.5, 0.6) is 0 Å². The van der Waals surface area contributed by atoms with Crippen molar-refractivity contribution in [1.82, 2.24) is 20.0 Å². The van der Waals surface area contributed by atoms with Crippen LogP contribution in [0.25, 0.3) is 11.3 Å². The molecule has 2 aromatic heterocycles. The third-order valence-corrected chi connectivity index (χ3v) is 5.72. The third-order valence-electron chi connectivity index (χ3n) is 4.27. The van der Waals surface area contributed by atoms with Gasteiger partial charge in [0.2, 0.25) is 15.9 Å². The minimum absolute atomic E-state index is 0.0202. The zero-order chi connectivity index (χ0) is 20.7. The van der Waals surface area contributed by atoms with Crippen LogP contribution in [-0.4, -0.2) is 30.8 Å². The SMILES string of the molecule is Cc1cccc(S(=O)(=O)NCCC(=O)NCc2cccnc2-c2ccncc2)c1. The number of amides is 1. The largest absolute Gasteiger partial charge is 0.352 e. The average molecular weight is 410 g/mol. The first kappa shape index (κ1) is 20.6. The Morgan fingerprint density at radius 1 is 1.03 bits per heavy atom. The van der Waals surface area contributed by atoms with Crippen molar-refractivity contribution in [2.24, 2.45) is 0 Å². The fraction of sp³-hybridized carbons (Fsp3) is 0.190. The molecule has 0 aliphatic carbocycles. The monoisotopic (exact) mass is 410 g/mol. The number of carbonyl (C=O) groups excluding carboxylic acids is 1. The molecule has 0 saturated carbocycles. The van der Waals surface area contributed by atoms with Crippen LogP contribution >= 0.6 is 0 Å². The van der Waals surface area contributed by atoms with Crippen LogP contribution in [0.4, 0.5) is 0 Å². The second kappa shape index (κ2) is 9.40. The Labute approximate surface area is 170 Å². The van der Waals surface area contributed by atoms with E-state index in [9.17, 15) is 13.2 Å². The Morgan fingerprint density at radius 2 is 1.83 bits per heavy atom. The van der Waals surface area contributed by atoms with Gasteiger partial charge in [0, 0.05) is 43.7 Å². The zero-order valence-electron chi connectivity index (χ0n) is 16.0. The normalized spacial score (nSPS) is 11.2. The highest BCUT2D eigenvalue weighted by molar-refractivity contribution is 7.89. The number of aryl methyl sites for hydroxylation is 1. The summed E-state index contributed by atoms with van der Waals surface area (Å²) in [5, 5.41) is 2.81. The molecule has 0 radical (unpaired) electrons. The summed E-state index contributed by atoms with van der Waals surface area (Å²) >= 11 is 0. The molecule has 0 unspecified atom stereocenters. The predicted molar refractivity (Wildman–Crippen MR) is 110 cm³/mol. The molecule has 0 fully saturated rings. The van der Waals surface area contributed by atoms with E-state index in [1.807, 2.05) is 37.3 Å². The van der Waals surface area contributed by atoms with Crippen molar-refractivity contribution in [3.05, 3.63) is 78.2 Å². The summed E-state index contributed by atoms with van der Waals surface area (Å²) in [6, 6.07) is 14.0. The Hall–Kier alpha value is -3.10. The summed E-state index contributed by atoms with van der Waals surface area (Å²) in [6.45, 7) is 2.15. The summed E-state index contributed by atoms with van der Waals surface area (Å²) in [7, 11) is -3.63. The molecule has 7 nitrogen and oxygen atoms in total. The highest BCUT2D eigenvalue weighted by atomic mass is 32.2. The molecule has 0 spiro atoms. The summed E-state index contributed by atoms with van der Waals surface area (Å²) in [5.74, 6) is -0.249. The second-order valence-corrected chi connectivity index (χ2v) is 8.25. The Kier molecular flexibility index (Phi) is 6.69. The number of aromatic nitrogens is 2. The summed E-state index contributed by atoms with van der Waals surface area (Å²) in [4.78, 5) is 20.7. The standard InChI is InChI=1S/C21H22N4O3S/c1-16-4-2-6-19(14-16)29(27,28)25-13-9-20(26)24-15-18-5-3-10-23-21(18)17-7-11-22-12-8-17/h2-8,10-12,14,25H,9,13,15H2,1H3,(H,24,26). The lowest BCUT2D eigenvalue weighted by Crippen LogP contribution is -2.30. The van der Waals surface area contributed by atoms with Crippen molar-refractivity contribution >= 4 is 15.9 Å².